The molecule has 2 heterocycles. The Morgan fingerprint density at radius 3 is 2.80 bits per heavy atom. The molecular weight excluding hydrogens is 318 g/mol. The van der Waals surface area contributed by atoms with Crippen LogP contribution in [0.1, 0.15) is 12.7 Å². The molecule has 128 valence electrons. The van der Waals surface area contributed by atoms with Crippen LogP contribution >= 0.6 is 0 Å². The van der Waals surface area contributed by atoms with Gasteiger partial charge in [0.05, 0.1) is 11.0 Å². The molecule has 3 aromatic rings. The maximum atomic E-state index is 12.5. The predicted octanol–water partition coefficient (Wildman–Crippen LogP) is 3.01. The van der Waals surface area contributed by atoms with E-state index in [0.29, 0.717) is 30.4 Å². The molecule has 0 spiro atoms. The first-order chi connectivity index (χ1) is 12.2. The number of carbonyl (C=O) groups excluding carboxylic acids is 1. The molecule has 0 aliphatic carbocycles. The number of fused-ring (bicyclic) bond motifs is 2. The molecule has 2 aromatic carbocycles. The van der Waals surface area contributed by atoms with Gasteiger partial charge in [-0.1, -0.05) is 19.1 Å². The zero-order chi connectivity index (χ0) is 17.2. The van der Waals surface area contributed by atoms with Crippen LogP contribution in [0, 0.1) is 0 Å². The van der Waals surface area contributed by atoms with Gasteiger partial charge in [0.1, 0.15) is 25.6 Å². The van der Waals surface area contributed by atoms with Gasteiger partial charge in [-0.15, -0.1) is 0 Å². The maximum absolute atomic E-state index is 12.5. The minimum absolute atomic E-state index is 0.102. The highest BCUT2D eigenvalue weighted by molar-refractivity contribution is 5.92. The lowest BCUT2D eigenvalue weighted by atomic mass is 10.2. The highest BCUT2D eigenvalue weighted by Gasteiger charge is 2.15. The number of hydrogen-bond donors (Lipinski definition) is 1. The zero-order valence-electron chi connectivity index (χ0n) is 14.0. The number of aryl methyl sites for hydroxylation is 1. The van der Waals surface area contributed by atoms with E-state index in [4.69, 9.17) is 9.47 Å². The van der Waals surface area contributed by atoms with Gasteiger partial charge in [0.25, 0.3) is 0 Å². The van der Waals surface area contributed by atoms with Crippen LogP contribution in [0.4, 0.5) is 5.69 Å². The lowest BCUT2D eigenvalue weighted by molar-refractivity contribution is -0.116. The second kappa shape index (κ2) is 6.47. The Kier molecular flexibility index (Phi) is 4.01. The molecule has 0 unspecified atom stereocenters. The van der Waals surface area contributed by atoms with Gasteiger partial charge < -0.3 is 19.4 Å². The first-order valence-electron chi connectivity index (χ1n) is 8.38. The minimum atomic E-state index is -0.102. The van der Waals surface area contributed by atoms with Crippen LogP contribution < -0.4 is 14.8 Å². The molecule has 6 nitrogen and oxygen atoms in total. The molecule has 0 bridgehead atoms. The SMILES string of the molecule is CCc1nc2ccccc2n1CC(=O)Nc1ccc2c(c1)OCCO2. The fourth-order valence-electron chi connectivity index (χ4n) is 3.04. The fourth-order valence-corrected chi connectivity index (χ4v) is 3.04. The normalized spacial score (nSPS) is 13.0. The number of para-hydroxylation sites is 2. The van der Waals surface area contributed by atoms with E-state index in [9.17, 15) is 4.79 Å². The van der Waals surface area contributed by atoms with Crippen molar-refractivity contribution in [2.75, 3.05) is 18.5 Å². The Labute approximate surface area is 145 Å². The third-order valence-electron chi connectivity index (χ3n) is 4.18. The van der Waals surface area contributed by atoms with Gasteiger partial charge in [0, 0.05) is 18.2 Å². The molecule has 1 aliphatic heterocycles. The number of aromatic nitrogens is 2. The molecule has 6 heteroatoms. The van der Waals surface area contributed by atoms with E-state index in [0.717, 1.165) is 23.3 Å². The van der Waals surface area contributed by atoms with E-state index in [1.807, 2.05) is 47.9 Å². The smallest absolute Gasteiger partial charge is 0.244 e. The Bertz CT molecular complexity index is 933. The summed E-state index contributed by atoms with van der Waals surface area (Å²) in [5.41, 5.74) is 2.57. The molecule has 1 amide bonds. The van der Waals surface area contributed by atoms with E-state index in [-0.39, 0.29) is 12.5 Å². The summed E-state index contributed by atoms with van der Waals surface area (Å²) in [6, 6.07) is 13.3. The van der Waals surface area contributed by atoms with E-state index in [1.165, 1.54) is 0 Å². The van der Waals surface area contributed by atoms with Gasteiger partial charge in [0.2, 0.25) is 5.91 Å². The van der Waals surface area contributed by atoms with Crippen LogP contribution in [-0.4, -0.2) is 28.7 Å². The summed E-state index contributed by atoms with van der Waals surface area (Å²) in [6.45, 7) is 3.33. The number of benzene rings is 2. The van der Waals surface area contributed by atoms with Gasteiger partial charge >= 0.3 is 0 Å². The van der Waals surface area contributed by atoms with Gasteiger partial charge in [-0.05, 0) is 24.3 Å². The Morgan fingerprint density at radius 2 is 1.96 bits per heavy atom. The molecule has 4 rings (SSSR count). The van der Waals surface area contributed by atoms with Crippen LogP contribution in [0.3, 0.4) is 0 Å². The largest absolute Gasteiger partial charge is 0.486 e. The highest BCUT2D eigenvalue weighted by Crippen LogP contribution is 2.32. The third kappa shape index (κ3) is 3.03. The molecule has 0 radical (unpaired) electrons. The minimum Gasteiger partial charge on any atom is -0.486 e. The number of anilines is 1. The number of ether oxygens (including phenoxy) is 2. The Morgan fingerprint density at radius 1 is 1.16 bits per heavy atom. The fraction of sp³-hybridized carbons (Fsp3) is 0.263. The van der Waals surface area contributed by atoms with Crippen LogP contribution in [0.15, 0.2) is 42.5 Å². The number of amides is 1. The maximum Gasteiger partial charge on any atom is 0.244 e. The van der Waals surface area contributed by atoms with E-state index in [1.54, 1.807) is 6.07 Å². The summed E-state index contributed by atoms with van der Waals surface area (Å²) < 4.78 is 13.0. The van der Waals surface area contributed by atoms with Crippen LogP contribution in [-0.2, 0) is 17.8 Å². The molecule has 1 aromatic heterocycles. The summed E-state index contributed by atoms with van der Waals surface area (Å²) in [4.78, 5) is 17.1. The number of rotatable bonds is 4. The highest BCUT2D eigenvalue weighted by atomic mass is 16.6. The van der Waals surface area contributed by atoms with Crippen molar-refractivity contribution in [3.8, 4) is 11.5 Å². The zero-order valence-corrected chi connectivity index (χ0v) is 14.0. The van der Waals surface area contributed by atoms with Crippen molar-refractivity contribution in [2.24, 2.45) is 0 Å². The first-order valence-corrected chi connectivity index (χ1v) is 8.38. The van der Waals surface area contributed by atoms with Gasteiger partial charge in [-0.25, -0.2) is 4.98 Å². The van der Waals surface area contributed by atoms with Crippen molar-refractivity contribution in [2.45, 2.75) is 19.9 Å². The number of nitrogens with zero attached hydrogens (tertiary/aromatic N) is 2. The summed E-state index contributed by atoms with van der Waals surface area (Å²) in [5, 5.41) is 2.92. The van der Waals surface area contributed by atoms with E-state index in [2.05, 4.69) is 10.3 Å². The molecule has 1 aliphatic rings. The van der Waals surface area contributed by atoms with Crippen LogP contribution in [0.25, 0.3) is 11.0 Å². The molecule has 0 fully saturated rings. The Balaban J connectivity index is 1.55. The third-order valence-corrected chi connectivity index (χ3v) is 4.18. The number of nitrogens with one attached hydrogen (secondary N) is 1. The molecule has 1 N–H and O–H groups in total. The molecule has 0 saturated carbocycles. The van der Waals surface area contributed by atoms with Crippen molar-refractivity contribution in [1.82, 2.24) is 9.55 Å². The number of hydrogen-bond acceptors (Lipinski definition) is 4. The second-order valence-electron chi connectivity index (χ2n) is 5.86. The van der Waals surface area contributed by atoms with Gasteiger partial charge in [-0.3, -0.25) is 4.79 Å². The van der Waals surface area contributed by atoms with Crippen molar-refractivity contribution in [3.63, 3.8) is 0 Å². The predicted molar refractivity (Wildman–Crippen MR) is 95.2 cm³/mol. The molecule has 0 atom stereocenters. The number of imidazole rings is 1. The molecule has 0 saturated heterocycles. The summed E-state index contributed by atoms with van der Waals surface area (Å²) >= 11 is 0. The van der Waals surface area contributed by atoms with Gasteiger partial charge in [-0.2, -0.15) is 0 Å². The molecular formula is C19H19N3O3. The monoisotopic (exact) mass is 337 g/mol. The first kappa shape index (κ1) is 15.5. The average molecular weight is 337 g/mol. The van der Waals surface area contributed by atoms with Crippen molar-refractivity contribution >= 4 is 22.6 Å². The summed E-state index contributed by atoms with van der Waals surface area (Å²) in [7, 11) is 0. The number of carbonyl (C=O) groups is 1. The lowest BCUT2D eigenvalue weighted by Crippen LogP contribution is -2.20. The average Bonchev–Trinajstić information content (AvgIpc) is 2.99. The lowest BCUT2D eigenvalue weighted by Gasteiger charge is -2.19. The Hall–Kier alpha value is -3.02. The second-order valence-corrected chi connectivity index (χ2v) is 5.86. The van der Waals surface area contributed by atoms with Crippen LogP contribution in [0.2, 0.25) is 0 Å². The summed E-state index contributed by atoms with van der Waals surface area (Å²) in [6.07, 6.45) is 0.770. The van der Waals surface area contributed by atoms with Crippen LogP contribution in [0.5, 0.6) is 11.5 Å². The summed E-state index contributed by atoms with van der Waals surface area (Å²) in [5.74, 6) is 2.16. The quantitative estimate of drug-likeness (QED) is 0.795. The van der Waals surface area contributed by atoms with Crippen molar-refractivity contribution in [3.05, 3.63) is 48.3 Å². The standard InChI is InChI=1S/C19H19N3O3/c1-2-18-21-14-5-3-4-6-15(14)22(18)12-19(23)20-13-7-8-16-17(11-13)25-10-9-24-16/h3-8,11H,2,9-10,12H2,1H3,(H,20,23). The van der Waals surface area contributed by atoms with E-state index >= 15 is 0 Å². The van der Waals surface area contributed by atoms with E-state index < -0.39 is 0 Å². The van der Waals surface area contributed by atoms with Gasteiger partial charge in [0.15, 0.2) is 11.5 Å². The van der Waals surface area contributed by atoms with Crippen molar-refractivity contribution in [1.29, 1.82) is 0 Å². The van der Waals surface area contributed by atoms with Crippen molar-refractivity contribution < 1.29 is 14.3 Å². The molecule has 25 heavy (non-hydrogen) atoms. The topological polar surface area (TPSA) is 65.4 Å².